The van der Waals surface area contributed by atoms with Crippen LogP contribution >= 0.6 is 0 Å². The highest BCUT2D eigenvalue weighted by Crippen LogP contribution is 2.39. The molecule has 7 rings (SSSR count). The maximum atomic E-state index is 13.6. The summed E-state index contributed by atoms with van der Waals surface area (Å²) in [4.78, 5) is 26.4. The summed E-state index contributed by atoms with van der Waals surface area (Å²) in [6, 6.07) is 20.4. The third-order valence-electron chi connectivity index (χ3n) is 8.46. The topological polar surface area (TPSA) is 124 Å². The molecule has 0 N–H and O–H groups in total. The summed E-state index contributed by atoms with van der Waals surface area (Å²) in [5.41, 5.74) is 1.70. The summed E-state index contributed by atoms with van der Waals surface area (Å²) in [6.45, 7) is 3.18. The average Bonchev–Trinajstić information content (AvgIpc) is 3.36. The quantitative estimate of drug-likeness (QED) is 0.279. The number of sulfonamides is 2. The van der Waals surface area contributed by atoms with Crippen LogP contribution in [0.25, 0.3) is 11.1 Å². The number of ketones is 1. The number of carbonyl (C=O) groups excluding carboxylic acids is 1. The highest BCUT2D eigenvalue weighted by molar-refractivity contribution is 7.89. The van der Waals surface area contributed by atoms with E-state index in [0.717, 1.165) is 11.6 Å². The van der Waals surface area contributed by atoms with Crippen molar-refractivity contribution in [2.45, 2.75) is 9.79 Å². The Kier molecular flexibility index (Phi) is 7.20. The summed E-state index contributed by atoms with van der Waals surface area (Å²) in [5.74, 6) is 1.22. The lowest BCUT2D eigenvalue weighted by atomic mass is 10.1. The number of anilines is 2. The van der Waals surface area contributed by atoms with E-state index in [1.807, 2.05) is 46.2 Å². The van der Waals surface area contributed by atoms with Crippen LogP contribution in [-0.2, 0) is 20.0 Å². The van der Waals surface area contributed by atoms with Crippen molar-refractivity contribution in [2.24, 2.45) is 0 Å². The van der Waals surface area contributed by atoms with Gasteiger partial charge < -0.3 is 9.80 Å². The van der Waals surface area contributed by atoms with Gasteiger partial charge in [0.05, 0.1) is 9.79 Å². The van der Waals surface area contributed by atoms with Crippen LogP contribution in [0.2, 0.25) is 0 Å². The number of benzene rings is 2. The minimum Gasteiger partial charge on any atom is -0.354 e. The van der Waals surface area contributed by atoms with Crippen LogP contribution < -0.4 is 9.80 Å². The molecule has 0 atom stereocenters. The van der Waals surface area contributed by atoms with E-state index >= 15 is 0 Å². The van der Waals surface area contributed by atoms with E-state index in [1.165, 1.54) is 32.9 Å². The van der Waals surface area contributed by atoms with Gasteiger partial charge in [0, 0.05) is 75.9 Å². The Morgan fingerprint density at radius 2 is 0.909 bits per heavy atom. The Hall–Kier alpha value is -4.17. The van der Waals surface area contributed by atoms with Crippen LogP contribution in [-0.4, -0.2) is 93.6 Å². The molecule has 2 aliphatic heterocycles. The number of pyridine rings is 2. The molecule has 2 aromatic carbocycles. The molecule has 2 saturated heterocycles. The Labute approximate surface area is 256 Å². The first-order chi connectivity index (χ1) is 21.2. The standard InChI is InChI=1S/C31H30N6O5S2/c38-31-27-21-23(43(39,40)36-17-13-34(14-18-36)29-5-1-3-11-32-29)7-9-25(27)26-10-8-24(22-28(26)31)44(41,42)37-19-15-35(16-20-37)30-6-2-4-12-33-30/h1-12,21-22H,13-20H2. The summed E-state index contributed by atoms with van der Waals surface area (Å²) in [6.07, 6.45) is 3.42. The second-order valence-corrected chi connectivity index (χ2v) is 14.8. The summed E-state index contributed by atoms with van der Waals surface area (Å²) in [7, 11) is -7.70. The lowest BCUT2D eigenvalue weighted by molar-refractivity contribution is 0.104. The normalized spacial score (nSPS) is 17.9. The summed E-state index contributed by atoms with van der Waals surface area (Å²) >= 11 is 0. The minimum absolute atomic E-state index is 0.0438. The van der Waals surface area contributed by atoms with Gasteiger partial charge in [-0.15, -0.1) is 0 Å². The summed E-state index contributed by atoms with van der Waals surface area (Å²) in [5, 5.41) is 0. The molecule has 2 aromatic heterocycles. The van der Waals surface area contributed by atoms with Crippen molar-refractivity contribution in [2.75, 3.05) is 62.2 Å². The molecule has 0 amide bonds. The largest absolute Gasteiger partial charge is 0.354 e. The smallest absolute Gasteiger partial charge is 0.243 e. The van der Waals surface area contributed by atoms with Crippen molar-refractivity contribution in [1.29, 1.82) is 0 Å². The molecule has 2 fully saturated rings. The number of rotatable bonds is 6. The van der Waals surface area contributed by atoms with Crippen LogP contribution in [0.3, 0.4) is 0 Å². The molecular formula is C31H30N6O5S2. The molecule has 4 heterocycles. The van der Waals surface area contributed by atoms with Gasteiger partial charge >= 0.3 is 0 Å². The van der Waals surface area contributed by atoms with Gasteiger partial charge in [-0.2, -0.15) is 8.61 Å². The van der Waals surface area contributed by atoms with Crippen LogP contribution in [0.1, 0.15) is 15.9 Å². The maximum Gasteiger partial charge on any atom is 0.243 e. The van der Waals surface area contributed by atoms with E-state index in [4.69, 9.17) is 0 Å². The number of fused-ring (bicyclic) bond motifs is 3. The maximum absolute atomic E-state index is 13.6. The highest BCUT2D eigenvalue weighted by Gasteiger charge is 2.35. The molecule has 1 aliphatic carbocycles. The van der Waals surface area contributed by atoms with Gasteiger partial charge in [-0.25, -0.2) is 26.8 Å². The third-order valence-corrected chi connectivity index (χ3v) is 12.3. The van der Waals surface area contributed by atoms with Gasteiger partial charge in [0.25, 0.3) is 0 Å². The molecule has 0 bridgehead atoms. The Morgan fingerprint density at radius 1 is 0.500 bits per heavy atom. The van der Waals surface area contributed by atoms with E-state index in [0.29, 0.717) is 63.5 Å². The zero-order valence-electron chi connectivity index (χ0n) is 23.8. The zero-order chi connectivity index (χ0) is 30.5. The number of piperazine rings is 2. The first-order valence-electron chi connectivity index (χ1n) is 14.4. The zero-order valence-corrected chi connectivity index (χ0v) is 25.4. The van der Waals surface area contributed by atoms with Gasteiger partial charge in [-0.3, -0.25) is 4.79 Å². The van der Waals surface area contributed by atoms with Crippen LogP contribution in [0.15, 0.2) is 95.0 Å². The molecule has 0 unspecified atom stereocenters. The predicted octanol–water partition coefficient (Wildman–Crippen LogP) is 2.71. The minimum atomic E-state index is -3.85. The fourth-order valence-corrected chi connectivity index (χ4v) is 8.95. The highest BCUT2D eigenvalue weighted by atomic mass is 32.2. The second kappa shape index (κ2) is 11.1. The van der Waals surface area contributed by atoms with Crippen molar-refractivity contribution in [1.82, 2.24) is 18.6 Å². The van der Waals surface area contributed by atoms with E-state index in [2.05, 4.69) is 9.97 Å². The van der Waals surface area contributed by atoms with Gasteiger partial charge in [0.15, 0.2) is 5.78 Å². The lowest BCUT2D eigenvalue weighted by Crippen LogP contribution is -2.48. The van der Waals surface area contributed by atoms with Gasteiger partial charge in [-0.05, 0) is 59.7 Å². The van der Waals surface area contributed by atoms with Crippen LogP contribution in [0.4, 0.5) is 11.6 Å². The number of aromatic nitrogens is 2. The van der Waals surface area contributed by atoms with Crippen molar-refractivity contribution >= 4 is 37.5 Å². The van der Waals surface area contributed by atoms with Crippen LogP contribution in [0, 0.1) is 0 Å². The number of nitrogens with zero attached hydrogens (tertiary/aromatic N) is 6. The number of carbonyl (C=O) groups is 1. The SMILES string of the molecule is O=C1c2cc(S(=O)(=O)N3CCN(c4ccccn4)CC3)ccc2-c2ccc(S(=O)(=O)N3CCN(c4ccccn4)CC3)cc21. The van der Waals surface area contributed by atoms with E-state index in [9.17, 15) is 21.6 Å². The van der Waals surface area contributed by atoms with Gasteiger partial charge in [0.1, 0.15) is 11.6 Å². The van der Waals surface area contributed by atoms with Crippen LogP contribution in [0.5, 0.6) is 0 Å². The Morgan fingerprint density at radius 3 is 1.27 bits per heavy atom. The van der Waals surface area contributed by atoms with E-state index in [1.54, 1.807) is 24.5 Å². The molecule has 3 aliphatic rings. The Bertz CT molecular complexity index is 1800. The molecule has 226 valence electrons. The number of hydrogen-bond donors (Lipinski definition) is 0. The molecule has 13 heteroatoms. The average molecular weight is 631 g/mol. The van der Waals surface area contributed by atoms with Crippen molar-refractivity contribution in [3.05, 3.63) is 96.3 Å². The predicted molar refractivity (Wildman–Crippen MR) is 166 cm³/mol. The monoisotopic (exact) mass is 630 g/mol. The van der Waals surface area contributed by atoms with Crippen molar-refractivity contribution < 1.29 is 21.6 Å². The lowest BCUT2D eigenvalue weighted by Gasteiger charge is -2.34. The second-order valence-electron chi connectivity index (χ2n) is 10.9. The van der Waals surface area contributed by atoms with Crippen molar-refractivity contribution in [3.63, 3.8) is 0 Å². The van der Waals surface area contributed by atoms with E-state index < -0.39 is 20.0 Å². The van der Waals surface area contributed by atoms with Gasteiger partial charge in [0.2, 0.25) is 20.0 Å². The fourth-order valence-electron chi connectivity index (χ4n) is 6.05. The fraction of sp³-hybridized carbons (Fsp3) is 0.258. The summed E-state index contributed by atoms with van der Waals surface area (Å²) < 4.78 is 57.1. The molecule has 0 spiro atoms. The first kappa shape index (κ1) is 28.6. The third kappa shape index (κ3) is 4.95. The molecule has 4 aromatic rings. The number of hydrogen-bond acceptors (Lipinski definition) is 9. The molecule has 0 radical (unpaired) electrons. The van der Waals surface area contributed by atoms with Crippen molar-refractivity contribution in [3.8, 4) is 11.1 Å². The van der Waals surface area contributed by atoms with Gasteiger partial charge in [-0.1, -0.05) is 24.3 Å². The molecule has 11 nitrogen and oxygen atoms in total. The van der Waals surface area contributed by atoms with E-state index in [-0.39, 0.29) is 26.7 Å². The molecule has 0 saturated carbocycles. The molecular weight excluding hydrogens is 601 g/mol. The molecule has 44 heavy (non-hydrogen) atoms. The Balaban J connectivity index is 1.08. The first-order valence-corrected chi connectivity index (χ1v) is 17.3.